The van der Waals surface area contributed by atoms with Crippen molar-refractivity contribution in [2.45, 2.75) is 0 Å². The van der Waals surface area contributed by atoms with Crippen molar-refractivity contribution in [2.75, 3.05) is 0 Å². The summed E-state index contributed by atoms with van der Waals surface area (Å²) in [5.41, 5.74) is 12.9. The lowest BCUT2D eigenvalue weighted by Gasteiger charge is -2.16. The quantitative estimate of drug-likeness (QED) is 0.165. The molecule has 0 amide bonds. The van der Waals surface area contributed by atoms with Crippen LogP contribution >= 0.6 is 0 Å². The summed E-state index contributed by atoms with van der Waals surface area (Å²) in [7, 11) is 0. The van der Waals surface area contributed by atoms with E-state index >= 15 is 0 Å². The van der Waals surface area contributed by atoms with Crippen molar-refractivity contribution in [2.24, 2.45) is 0 Å². The van der Waals surface area contributed by atoms with E-state index in [-0.39, 0.29) is 0 Å². The predicted octanol–water partition coefficient (Wildman–Crippen LogP) is 14.8. The lowest BCUT2D eigenvalue weighted by atomic mass is 9.88. The summed E-state index contributed by atoms with van der Waals surface area (Å²) in [5, 5.41) is 21.8. The number of nitrogens with zero attached hydrogens (tertiary/aromatic N) is 3. The van der Waals surface area contributed by atoms with E-state index in [4.69, 9.17) is 4.98 Å². The number of hydrogen-bond acceptors (Lipinski definition) is 2. The molecule has 3 nitrogen and oxygen atoms in total. The van der Waals surface area contributed by atoms with Gasteiger partial charge in [0.15, 0.2) is 0 Å². The van der Waals surface area contributed by atoms with E-state index < -0.39 is 0 Å². The van der Waals surface area contributed by atoms with Crippen LogP contribution in [-0.4, -0.2) is 9.55 Å². The van der Waals surface area contributed by atoms with Crippen LogP contribution in [0.3, 0.4) is 0 Å². The first-order valence-corrected chi connectivity index (χ1v) is 20.0. The fourth-order valence-corrected chi connectivity index (χ4v) is 9.55. The zero-order chi connectivity index (χ0) is 39.0. The minimum atomic E-state index is 0.696. The van der Waals surface area contributed by atoms with Crippen molar-refractivity contribution in [3.63, 3.8) is 0 Å². The number of hydrogen-bond donors (Lipinski definition) is 0. The molecule has 0 aliphatic carbocycles. The first-order valence-electron chi connectivity index (χ1n) is 20.0. The molecule has 0 aliphatic heterocycles. The van der Waals surface area contributed by atoms with Crippen LogP contribution in [0.2, 0.25) is 0 Å². The second-order valence-corrected chi connectivity index (χ2v) is 15.3. The van der Waals surface area contributed by atoms with Crippen LogP contribution < -0.4 is 0 Å². The van der Waals surface area contributed by atoms with E-state index in [1.54, 1.807) is 0 Å². The number of rotatable bonds is 5. The topological polar surface area (TPSA) is 41.6 Å². The lowest BCUT2D eigenvalue weighted by molar-refractivity contribution is 1.18. The average Bonchev–Trinajstić information content (AvgIpc) is 3.66. The standard InChI is InChI=1S/C56H33N3/c57-34-38-26-30-53-55-41(38)27-28-46-40(29-31-54(56(46)55)59(53)39-14-5-2-6-15-39)35-22-24-36(25-23-35)47-32-48-44-18-9-10-19-45(44)50(33-49(48)43-17-8-7-16-42(43)47)52-21-11-20-51(58-52)37-12-3-1-4-13-37/h1-33H. The number of pyridine rings is 1. The molecule has 59 heavy (non-hydrogen) atoms. The normalized spacial score (nSPS) is 11.7. The lowest BCUT2D eigenvalue weighted by Crippen LogP contribution is -1.93. The summed E-state index contributed by atoms with van der Waals surface area (Å²) < 4.78 is 2.33. The number of aromatic nitrogens is 2. The van der Waals surface area contributed by atoms with Crippen LogP contribution in [0.5, 0.6) is 0 Å². The van der Waals surface area contributed by atoms with E-state index in [0.717, 1.165) is 55.6 Å². The molecule has 0 saturated carbocycles. The van der Waals surface area contributed by atoms with Crippen LogP contribution in [0, 0.1) is 11.3 Å². The van der Waals surface area contributed by atoms with Crippen LogP contribution in [-0.2, 0) is 0 Å². The van der Waals surface area contributed by atoms with Gasteiger partial charge in [-0.3, -0.25) is 0 Å². The van der Waals surface area contributed by atoms with E-state index in [0.29, 0.717) is 5.56 Å². The first kappa shape index (κ1) is 33.1. The monoisotopic (exact) mass is 747 g/mol. The molecule has 10 aromatic carbocycles. The molecule has 12 aromatic rings. The molecule has 0 aliphatic rings. The molecule has 0 N–H and O–H groups in total. The predicted molar refractivity (Wildman–Crippen MR) is 246 cm³/mol. The Morgan fingerprint density at radius 3 is 1.59 bits per heavy atom. The zero-order valence-electron chi connectivity index (χ0n) is 31.9. The smallest absolute Gasteiger partial charge is 0.0998 e. The first-order chi connectivity index (χ1) is 29.2. The Bertz CT molecular complexity index is 3650. The van der Waals surface area contributed by atoms with Gasteiger partial charge in [-0.2, -0.15) is 5.26 Å². The number of benzene rings is 10. The van der Waals surface area contributed by atoms with Gasteiger partial charge >= 0.3 is 0 Å². The molecule has 0 fully saturated rings. The zero-order valence-corrected chi connectivity index (χ0v) is 31.9. The van der Waals surface area contributed by atoms with E-state index in [1.807, 2.05) is 18.2 Å². The van der Waals surface area contributed by atoms with Crippen LogP contribution in [0.15, 0.2) is 200 Å². The SMILES string of the molecule is N#Cc1ccc2c3c1ccc1c(-c4ccc(-c5cc6c7ccccc7c(-c7cccc(-c8ccccc8)n7)cc6c6ccccc56)cc4)ccc(c13)n2-c1ccccc1. The Labute approximate surface area is 340 Å². The second-order valence-electron chi connectivity index (χ2n) is 15.3. The van der Waals surface area contributed by atoms with Crippen molar-refractivity contribution >= 4 is 64.9 Å². The van der Waals surface area contributed by atoms with E-state index in [1.165, 1.54) is 59.8 Å². The van der Waals surface area contributed by atoms with Crippen molar-refractivity contribution in [3.8, 4) is 56.5 Å². The minimum Gasteiger partial charge on any atom is -0.309 e. The third-order valence-corrected chi connectivity index (χ3v) is 12.2. The highest BCUT2D eigenvalue weighted by Gasteiger charge is 2.21. The molecular formula is C56H33N3. The highest BCUT2D eigenvalue weighted by Crippen LogP contribution is 2.45. The molecule has 2 heterocycles. The van der Waals surface area contributed by atoms with Gasteiger partial charge in [-0.15, -0.1) is 0 Å². The van der Waals surface area contributed by atoms with Crippen molar-refractivity contribution in [1.82, 2.24) is 9.55 Å². The average molecular weight is 748 g/mol. The fourth-order valence-electron chi connectivity index (χ4n) is 9.55. The Morgan fingerprint density at radius 1 is 0.356 bits per heavy atom. The Morgan fingerprint density at radius 2 is 0.898 bits per heavy atom. The van der Waals surface area contributed by atoms with Crippen molar-refractivity contribution < 1.29 is 0 Å². The summed E-state index contributed by atoms with van der Waals surface area (Å²) in [6.07, 6.45) is 0. The summed E-state index contributed by atoms with van der Waals surface area (Å²) in [5.74, 6) is 0. The summed E-state index contributed by atoms with van der Waals surface area (Å²) in [6.45, 7) is 0. The molecule has 0 bridgehead atoms. The summed E-state index contributed by atoms with van der Waals surface area (Å²) in [4.78, 5) is 5.20. The van der Waals surface area contributed by atoms with Gasteiger partial charge in [0.25, 0.3) is 0 Å². The highest BCUT2D eigenvalue weighted by molar-refractivity contribution is 6.28. The van der Waals surface area contributed by atoms with Crippen LogP contribution in [0.25, 0.3) is 115 Å². The minimum absolute atomic E-state index is 0.696. The maximum atomic E-state index is 10.1. The highest BCUT2D eigenvalue weighted by atomic mass is 15.0. The maximum absolute atomic E-state index is 10.1. The molecule has 2 aromatic heterocycles. The molecule has 12 rings (SSSR count). The molecule has 0 atom stereocenters. The van der Waals surface area contributed by atoms with Gasteiger partial charge in [0.2, 0.25) is 0 Å². The van der Waals surface area contributed by atoms with Gasteiger partial charge in [-0.05, 0) is 115 Å². The molecule has 0 spiro atoms. The molecule has 0 unspecified atom stereocenters. The molecule has 0 radical (unpaired) electrons. The molecule has 0 saturated heterocycles. The van der Waals surface area contributed by atoms with Gasteiger partial charge in [-0.1, -0.05) is 146 Å². The Balaban J connectivity index is 1.02. The van der Waals surface area contributed by atoms with E-state index in [2.05, 4.69) is 193 Å². The summed E-state index contributed by atoms with van der Waals surface area (Å²) >= 11 is 0. The maximum Gasteiger partial charge on any atom is 0.0998 e. The second kappa shape index (κ2) is 13.0. The fraction of sp³-hybridized carbons (Fsp3) is 0. The van der Waals surface area contributed by atoms with Gasteiger partial charge < -0.3 is 4.57 Å². The van der Waals surface area contributed by atoms with Gasteiger partial charge in [0.1, 0.15) is 0 Å². The molecule has 3 heteroatoms. The molecule has 272 valence electrons. The third-order valence-electron chi connectivity index (χ3n) is 12.2. The molecular weight excluding hydrogens is 715 g/mol. The number of nitriles is 1. The van der Waals surface area contributed by atoms with Crippen molar-refractivity contribution in [3.05, 3.63) is 206 Å². The van der Waals surface area contributed by atoms with Gasteiger partial charge in [-0.25, -0.2) is 4.98 Å². The van der Waals surface area contributed by atoms with Crippen molar-refractivity contribution in [1.29, 1.82) is 5.26 Å². The Hall–Kier alpha value is -8.06. The van der Waals surface area contributed by atoms with Crippen LogP contribution in [0.1, 0.15) is 5.56 Å². The third kappa shape index (κ3) is 5.04. The Kier molecular flexibility index (Phi) is 7.29. The van der Waals surface area contributed by atoms with Crippen LogP contribution in [0.4, 0.5) is 0 Å². The van der Waals surface area contributed by atoms with Gasteiger partial charge in [0.05, 0.1) is 34.1 Å². The summed E-state index contributed by atoms with van der Waals surface area (Å²) in [6, 6.07) is 73.9. The largest absolute Gasteiger partial charge is 0.309 e. The number of fused-ring (bicyclic) bond motifs is 5. The van der Waals surface area contributed by atoms with E-state index in [9.17, 15) is 5.26 Å². The number of para-hydroxylation sites is 1. The van der Waals surface area contributed by atoms with Gasteiger partial charge in [0, 0.05) is 33.0 Å².